The van der Waals surface area contributed by atoms with Crippen LogP contribution in [0.3, 0.4) is 0 Å². The van der Waals surface area contributed by atoms with Crippen LogP contribution in [-0.4, -0.2) is 26.1 Å². The van der Waals surface area contributed by atoms with Crippen LogP contribution in [0.1, 0.15) is 15.9 Å². The van der Waals surface area contributed by atoms with Crippen LogP contribution in [0.25, 0.3) is 6.08 Å². The lowest BCUT2D eigenvalue weighted by molar-refractivity contribution is 0.104. The lowest BCUT2D eigenvalue weighted by Crippen LogP contribution is -2.37. The van der Waals surface area contributed by atoms with Crippen LogP contribution in [0.2, 0.25) is 19.6 Å². The Balaban J connectivity index is 2.15. The number of aromatic hydroxyl groups is 1. The molecule has 120 valence electrons. The molecule has 2 aromatic carbocycles. The van der Waals surface area contributed by atoms with Crippen molar-refractivity contribution in [3.8, 4) is 11.5 Å². The number of phenolic OH excluding ortho intramolecular Hbond substituents is 1. The van der Waals surface area contributed by atoms with E-state index in [0.717, 1.165) is 5.56 Å². The van der Waals surface area contributed by atoms with Crippen LogP contribution in [0.15, 0.2) is 48.5 Å². The highest BCUT2D eigenvalue weighted by Gasteiger charge is 2.16. The molecule has 3 nitrogen and oxygen atoms in total. The van der Waals surface area contributed by atoms with E-state index in [9.17, 15) is 9.90 Å². The first-order valence-corrected chi connectivity index (χ1v) is 11.0. The molecule has 0 saturated heterocycles. The Bertz CT molecular complexity index is 725. The first-order valence-electron chi connectivity index (χ1n) is 7.51. The minimum absolute atomic E-state index is 0.0424. The van der Waals surface area contributed by atoms with Crippen molar-refractivity contribution >= 4 is 25.1 Å². The van der Waals surface area contributed by atoms with E-state index in [1.165, 1.54) is 18.4 Å². The van der Waals surface area contributed by atoms with Crippen LogP contribution in [-0.2, 0) is 0 Å². The van der Waals surface area contributed by atoms with Crippen LogP contribution < -0.4 is 9.92 Å². The molecule has 2 aromatic rings. The number of allylic oxidation sites excluding steroid dienone is 1. The smallest absolute Gasteiger partial charge is 0.185 e. The van der Waals surface area contributed by atoms with Gasteiger partial charge in [0.2, 0.25) is 0 Å². The second-order valence-electron chi connectivity index (χ2n) is 6.46. The molecule has 0 fully saturated rings. The predicted octanol–water partition coefficient (Wildman–Crippen LogP) is 3.84. The number of hydrogen-bond acceptors (Lipinski definition) is 3. The first kappa shape index (κ1) is 17.0. The average Bonchev–Trinajstić information content (AvgIpc) is 2.53. The van der Waals surface area contributed by atoms with Crippen LogP contribution in [0.4, 0.5) is 0 Å². The van der Waals surface area contributed by atoms with E-state index in [1.54, 1.807) is 24.3 Å². The normalized spacial score (nSPS) is 11.7. The van der Waals surface area contributed by atoms with Crippen molar-refractivity contribution < 1.29 is 14.6 Å². The third kappa shape index (κ3) is 4.33. The van der Waals surface area contributed by atoms with Gasteiger partial charge in [0.1, 0.15) is 0 Å². The Labute approximate surface area is 138 Å². The monoisotopic (exact) mass is 326 g/mol. The minimum Gasteiger partial charge on any atom is -0.504 e. The highest BCUT2D eigenvalue weighted by molar-refractivity contribution is 6.88. The lowest BCUT2D eigenvalue weighted by Gasteiger charge is -2.16. The van der Waals surface area contributed by atoms with E-state index in [0.29, 0.717) is 11.3 Å². The summed E-state index contributed by atoms with van der Waals surface area (Å²) in [5.74, 6) is 0.427. The summed E-state index contributed by atoms with van der Waals surface area (Å²) in [6, 6.07) is 12.8. The maximum atomic E-state index is 12.2. The van der Waals surface area contributed by atoms with Crippen molar-refractivity contribution in [1.29, 1.82) is 0 Å². The Morgan fingerprint density at radius 1 is 1.09 bits per heavy atom. The molecule has 2 rings (SSSR count). The number of benzene rings is 2. The molecule has 0 aliphatic heterocycles. The number of hydrogen-bond donors (Lipinski definition) is 1. The fraction of sp³-hybridized carbons (Fsp3) is 0.211. The Morgan fingerprint density at radius 2 is 1.74 bits per heavy atom. The van der Waals surface area contributed by atoms with Crippen LogP contribution >= 0.6 is 0 Å². The van der Waals surface area contributed by atoms with Gasteiger partial charge in [-0.3, -0.25) is 4.79 Å². The van der Waals surface area contributed by atoms with Gasteiger partial charge in [-0.05, 0) is 23.8 Å². The summed E-state index contributed by atoms with van der Waals surface area (Å²) in [7, 11) is 0.149. The van der Waals surface area contributed by atoms with E-state index in [2.05, 4.69) is 31.8 Å². The summed E-state index contributed by atoms with van der Waals surface area (Å²) in [4.78, 5) is 12.2. The molecule has 0 amide bonds. The third-order valence-corrected chi connectivity index (χ3v) is 5.73. The fourth-order valence-corrected chi connectivity index (χ4v) is 3.37. The molecular weight excluding hydrogens is 304 g/mol. The summed E-state index contributed by atoms with van der Waals surface area (Å²) >= 11 is 0. The zero-order valence-corrected chi connectivity index (χ0v) is 15.0. The topological polar surface area (TPSA) is 46.5 Å². The van der Waals surface area contributed by atoms with E-state index < -0.39 is 8.07 Å². The molecule has 4 heteroatoms. The maximum Gasteiger partial charge on any atom is 0.185 e. The zero-order chi connectivity index (χ0) is 17.0. The van der Waals surface area contributed by atoms with Gasteiger partial charge in [0.25, 0.3) is 0 Å². The van der Waals surface area contributed by atoms with E-state index >= 15 is 0 Å². The van der Waals surface area contributed by atoms with Crippen LogP contribution in [0.5, 0.6) is 11.5 Å². The average molecular weight is 326 g/mol. The van der Waals surface area contributed by atoms with Gasteiger partial charge in [-0.25, -0.2) is 0 Å². The highest BCUT2D eigenvalue weighted by Crippen LogP contribution is 2.26. The standard InChI is InChI=1S/C19H22O3Si/c1-22-19-13-14(6-12-18(19)21)5-11-17(20)15-7-9-16(10-8-15)23(2,3)4/h5-13,21H,1-4H3/b11-5+. The molecule has 0 unspecified atom stereocenters. The SMILES string of the molecule is COc1cc(/C=C/C(=O)c2ccc([Si](C)(C)C)cc2)ccc1O. The molecule has 0 spiro atoms. The number of phenols is 1. The minimum atomic E-state index is -1.35. The van der Waals surface area contributed by atoms with Gasteiger partial charge in [0.05, 0.1) is 15.2 Å². The van der Waals surface area contributed by atoms with Crippen molar-refractivity contribution in [3.63, 3.8) is 0 Å². The molecule has 0 aromatic heterocycles. The van der Waals surface area contributed by atoms with Crippen molar-refractivity contribution in [3.05, 3.63) is 59.7 Å². The Morgan fingerprint density at radius 3 is 2.30 bits per heavy atom. The Hall–Kier alpha value is -2.33. The maximum absolute atomic E-state index is 12.2. The molecule has 0 heterocycles. The lowest BCUT2D eigenvalue weighted by atomic mass is 10.1. The van der Waals surface area contributed by atoms with Gasteiger partial charge in [-0.15, -0.1) is 0 Å². The molecule has 0 saturated carbocycles. The van der Waals surface area contributed by atoms with Crippen molar-refractivity contribution in [2.75, 3.05) is 7.11 Å². The number of rotatable bonds is 5. The highest BCUT2D eigenvalue weighted by atomic mass is 28.3. The zero-order valence-electron chi connectivity index (χ0n) is 14.0. The van der Waals surface area contributed by atoms with Crippen molar-refractivity contribution in [2.45, 2.75) is 19.6 Å². The summed E-state index contributed by atoms with van der Waals surface area (Å²) < 4.78 is 5.06. The first-order chi connectivity index (χ1) is 10.8. The van der Waals surface area contributed by atoms with Gasteiger partial charge < -0.3 is 9.84 Å². The van der Waals surface area contributed by atoms with Gasteiger partial charge in [-0.1, -0.05) is 61.2 Å². The quantitative estimate of drug-likeness (QED) is 0.516. The molecule has 0 aliphatic carbocycles. The summed E-state index contributed by atoms with van der Waals surface area (Å²) in [5.41, 5.74) is 1.47. The Kier molecular flexibility index (Phi) is 5.06. The number of carbonyl (C=O) groups is 1. The van der Waals surface area contributed by atoms with Gasteiger partial charge in [0, 0.05) is 5.56 Å². The van der Waals surface area contributed by atoms with Crippen molar-refractivity contribution in [2.24, 2.45) is 0 Å². The number of ether oxygens (including phenoxy) is 1. The second kappa shape index (κ2) is 6.83. The summed E-state index contributed by atoms with van der Waals surface area (Å²) in [5, 5.41) is 10.9. The van der Waals surface area contributed by atoms with E-state index in [4.69, 9.17) is 4.74 Å². The summed E-state index contributed by atoms with van der Waals surface area (Å²) in [6.45, 7) is 6.84. The number of methoxy groups -OCH3 is 1. The number of carbonyl (C=O) groups excluding carboxylic acids is 1. The predicted molar refractivity (Wildman–Crippen MR) is 97.4 cm³/mol. The molecule has 0 atom stereocenters. The fourth-order valence-electron chi connectivity index (χ4n) is 2.20. The van der Waals surface area contributed by atoms with Crippen LogP contribution in [0, 0.1) is 0 Å². The van der Waals surface area contributed by atoms with Gasteiger partial charge >= 0.3 is 0 Å². The molecule has 0 bridgehead atoms. The molecular formula is C19H22O3Si. The molecule has 0 radical (unpaired) electrons. The van der Waals surface area contributed by atoms with Gasteiger partial charge in [-0.2, -0.15) is 0 Å². The molecule has 23 heavy (non-hydrogen) atoms. The molecule has 0 aliphatic rings. The number of ketones is 1. The molecule has 1 N–H and O–H groups in total. The van der Waals surface area contributed by atoms with E-state index in [-0.39, 0.29) is 11.5 Å². The van der Waals surface area contributed by atoms with Crippen molar-refractivity contribution in [1.82, 2.24) is 0 Å². The van der Waals surface area contributed by atoms with Gasteiger partial charge in [0.15, 0.2) is 17.3 Å². The largest absolute Gasteiger partial charge is 0.504 e. The van der Waals surface area contributed by atoms with E-state index in [1.807, 2.05) is 12.1 Å². The third-order valence-electron chi connectivity index (χ3n) is 3.67. The summed E-state index contributed by atoms with van der Waals surface area (Å²) in [6.07, 6.45) is 3.26. The second-order valence-corrected chi connectivity index (χ2v) is 11.5.